The number of benzene rings is 1. The molecule has 2 aromatic rings. The fourth-order valence-corrected chi connectivity index (χ4v) is 6.17. The molecule has 0 spiro atoms. The van der Waals surface area contributed by atoms with Gasteiger partial charge in [0.15, 0.2) is 0 Å². The highest BCUT2D eigenvalue weighted by molar-refractivity contribution is 5.31. The van der Waals surface area contributed by atoms with E-state index in [1.54, 1.807) is 0 Å². The van der Waals surface area contributed by atoms with Crippen LogP contribution < -0.4 is 4.57 Å². The molecule has 0 unspecified atom stereocenters. The van der Waals surface area contributed by atoms with Gasteiger partial charge in [0.05, 0.1) is 6.54 Å². The highest BCUT2D eigenvalue weighted by Gasteiger charge is 2.18. The monoisotopic (exact) mass is 552 g/mol. The topological polar surface area (TPSA) is 8.81 Å². The first-order valence-electron chi connectivity index (χ1n) is 18.0. The minimum absolute atomic E-state index is 1.17. The van der Waals surface area contributed by atoms with Crippen molar-refractivity contribution in [2.75, 3.05) is 0 Å². The van der Waals surface area contributed by atoms with Crippen molar-refractivity contribution in [3.8, 4) is 5.69 Å². The number of unbranched alkanes of at least 4 members (excludes halogenated alkanes) is 23. The summed E-state index contributed by atoms with van der Waals surface area (Å²) in [6, 6.07) is 10.9. The molecule has 0 radical (unpaired) electrons. The molecule has 0 N–H and O–H groups in total. The summed E-state index contributed by atoms with van der Waals surface area (Å²) in [4.78, 5) is 0. The van der Waals surface area contributed by atoms with Gasteiger partial charge in [-0.25, -0.2) is 4.57 Å². The minimum Gasteiger partial charge on any atom is -0.234 e. The fourth-order valence-electron chi connectivity index (χ4n) is 6.17. The van der Waals surface area contributed by atoms with Crippen LogP contribution in [0.4, 0.5) is 0 Å². The van der Waals surface area contributed by atoms with Gasteiger partial charge in [-0.2, -0.15) is 4.57 Å². The maximum atomic E-state index is 2.56. The van der Waals surface area contributed by atoms with E-state index in [1.807, 2.05) is 0 Å². The Morgan fingerprint density at radius 1 is 0.475 bits per heavy atom. The van der Waals surface area contributed by atoms with E-state index in [0.717, 1.165) is 0 Å². The lowest BCUT2D eigenvalue weighted by Gasteiger charge is -2.07. The molecule has 0 aliphatic carbocycles. The van der Waals surface area contributed by atoms with E-state index in [1.165, 1.54) is 185 Å². The van der Waals surface area contributed by atoms with Crippen LogP contribution in [0.5, 0.6) is 0 Å². The molecule has 1 aromatic heterocycles. The SMILES string of the molecule is CCCCCCCCCCCCCCCCCC[n+]1ccn(-c2ccccc2)c1CCCCCCCCCCC. The zero-order chi connectivity index (χ0) is 28.4. The van der Waals surface area contributed by atoms with E-state index in [0.29, 0.717) is 0 Å². The molecule has 1 heterocycles. The molecule has 0 bridgehead atoms. The lowest BCUT2D eigenvalue weighted by atomic mass is 10.0. The second-order valence-corrected chi connectivity index (χ2v) is 12.5. The van der Waals surface area contributed by atoms with Crippen LogP contribution >= 0.6 is 0 Å². The molecule has 0 aliphatic heterocycles. The molecule has 2 nitrogen and oxygen atoms in total. The zero-order valence-corrected chi connectivity index (χ0v) is 27.0. The summed E-state index contributed by atoms with van der Waals surface area (Å²) in [6.45, 7) is 5.78. The van der Waals surface area contributed by atoms with Crippen molar-refractivity contribution < 1.29 is 4.57 Å². The summed E-state index contributed by atoms with van der Waals surface area (Å²) in [5.41, 5.74) is 1.30. The summed E-state index contributed by atoms with van der Waals surface area (Å²) in [7, 11) is 0. The van der Waals surface area contributed by atoms with Crippen molar-refractivity contribution in [2.24, 2.45) is 0 Å². The molecular formula is C38H67N2+. The average molecular weight is 552 g/mol. The summed E-state index contributed by atoms with van der Waals surface area (Å²) in [5.74, 6) is 1.50. The Morgan fingerprint density at radius 3 is 1.32 bits per heavy atom. The highest BCUT2D eigenvalue weighted by atomic mass is 15.1. The van der Waals surface area contributed by atoms with Gasteiger partial charge >= 0.3 is 0 Å². The molecule has 228 valence electrons. The minimum atomic E-state index is 1.17. The van der Waals surface area contributed by atoms with Gasteiger partial charge in [0.1, 0.15) is 18.1 Å². The number of hydrogen-bond acceptors (Lipinski definition) is 0. The van der Waals surface area contributed by atoms with Crippen LogP contribution in [0.15, 0.2) is 42.7 Å². The molecule has 2 rings (SSSR count). The number of imidazole rings is 1. The highest BCUT2D eigenvalue weighted by Crippen LogP contribution is 2.16. The number of aromatic nitrogens is 2. The molecule has 0 saturated heterocycles. The van der Waals surface area contributed by atoms with Crippen LogP contribution in [0.25, 0.3) is 5.69 Å². The Morgan fingerprint density at radius 2 is 0.875 bits per heavy atom. The van der Waals surface area contributed by atoms with Crippen molar-refractivity contribution in [3.05, 3.63) is 48.5 Å². The van der Waals surface area contributed by atoms with E-state index >= 15 is 0 Å². The second-order valence-electron chi connectivity index (χ2n) is 12.5. The van der Waals surface area contributed by atoms with E-state index in [2.05, 4.69) is 65.7 Å². The van der Waals surface area contributed by atoms with Crippen LogP contribution in [0.2, 0.25) is 0 Å². The van der Waals surface area contributed by atoms with Crippen molar-refractivity contribution in [3.63, 3.8) is 0 Å². The van der Waals surface area contributed by atoms with Crippen molar-refractivity contribution in [2.45, 2.75) is 187 Å². The molecule has 0 fully saturated rings. The lowest BCUT2D eigenvalue weighted by molar-refractivity contribution is -0.704. The van der Waals surface area contributed by atoms with Gasteiger partial charge in [-0.3, -0.25) is 0 Å². The Bertz CT molecular complexity index is 793. The van der Waals surface area contributed by atoms with Gasteiger partial charge in [-0.1, -0.05) is 173 Å². The molecule has 0 saturated carbocycles. The molecule has 0 atom stereocenters. The molecule has 1 aromatic carbocycles. The Kier molecular flexibility index (Phi) is 21.8. The van der Waals surface area contributed by atoms with E-state index in [4.69, 9.17) is 0 Å². The third kappa shape index (κ3) is 16.6. The van der Waals surface area contributed by atoms with Gasteiger partial charge < -0.3 is 0 Å². The van der Waals surface area contributed by atoms with Gasteiger partial charge in [0.25, 0.3) is 5.82 Å². The van der Waals surface area contributed by atoms with E-state index in [9.17, 15) is 0 Å². The van der Waals surface area contributed by atoms with E-state index in [-0.39, 0.29) is 0 Å². The number of hydrogen-bond donors (Lipinski definition) is 0. The van der Waals surface area contributed by atoms with Gasteiger partial charge in [0.2, 0.25) is 0 Å². The van der Waals surface area contributed by atoms with Crippen LogP contribution in [-0.2, 0) is 13.0 Å². The van der Waals surface area contributed by atoms with Crippen LogP contribution in [0.1, 0.15) is 180 Å². The Balaban J connectivity index is 1.57. The predicted octanol–water partition coefficient (Wildman–Crippen LogP) is 12.1. The maximum absolute atomic E-state index is 2.56. The Hall–Kier alpha value is -1.57. The first-order valence-corrected chi connectivity index (χ1v) is 18.0. The Labute approximate surface area is 250 Å². The third-order valence-electron chi connectivity index (χ3n) is 8.80. The van der Waals surface area contributed by atoms with E-state index < -0.39 is 0 Å². The molecule has 0 aliphatic rings. The molecule has 40 heavy (non-hydrogen) atoms. The van der Waals surface area contributed by atoms with Gasteiger partial charge in [-0.15, -0.1) is 0 Å². The van der Waals surface area contributed by atoms with Crippen LogP contribution in [0.3, 0.4) is 0 Å². The summed E-state index contributed by atoms with van der Waals surface area (Å²) < 4.78 is 5.00. The van der Waals surface area contributed by atoms with Crippen molar-refractivity contribution >= 4 is 0 Å². The van der Waals surface area contributed by atoms with Gasteiger partial charge in [0, 0.05) is 6.42 Å². The number of aryl methyl sites for hydroxylation is 1. The average Bonchev–Trinajstić information content (AvgIpc) is 3.39. The molecule has 2 heteroatoms. The smallest absolute Gasteiger partial charge is 0.234 e. The van der Waals surface area contributed by atoms with Crippen LogP contribution in [-0.4, -0.2) is 4.57 Å². The standard InChI is InChI=1S/C38H67N2/c1-3-5-7-9-11-13-14-15-16-17-18-19-21-23-25-30-34-39-35-36-40(37-31-27-26-28-32-37)38(39)33-29-24-22-20-12-10-8-6-4-2/h26-28,31-32,35-36H,3-25,29-30,33-34H2,1-2H3/q+1. The molecule has 0 amide bonds. The quantitative estimate of drug-likeness (QED) is 0.0734. The molecular weight excluding hydrogens is 484 g/mol. The predicted molar refractivity (Wildman–Crippen MR) is 176 cm³/mol. The summed E-state index contributed by atoms with van der Waals surface area (Å²) in [6.07, 6.45) is 41.3. The summed E-state index contributed by atoms with van der Waals surface area (Å²) >= 11 is 0. The van der Waals surface area contributed by atoms with Crippen LogP contribution in [0, 0.1) is 0 Å². The third-order valence-corrected chi connectivity index (χ3v) is 8.80. The van der Waals surface area contributed by atoms with Gasteiger partial charge in [-0.05, 0) is 31.4 Å². The fraction of sp³-hybridized carbons (Fsp3) is 0.763. The van der Waals surface area contributed by atoms with Crippen molar-refractivity contribution in [1.29, 1.82) is 0 Å². The largest absolute Gasteiger partial charge is 0.261 e. The first kappa shape index (κ1) is 34.6. The summed E-state index contributed by atoms with van der Waals surface area (Å²) in [5, 5.41) is 0. The van der Waals surface area contributed by atoms with Crippen molar-refractivity contribution in [1.82, 2.24) is 4.57 Å². The lowest BCUT2D eigenvalue weighted by Crippen LogP contribution is -2.37. The normalized spacial score (nSPS) is 11.4. The first-order chi connectivity index (χ1) is 19.9. The zero-order valence-electron chi connectivity index (χ0n) is 27.0. The second kappa shape index (κ2) is 25.2. The maximum Gasteiger partial charge on any atom is 0.261 e. The number of rotatable bonds is 28. The number of nitrogens with zero attached hydrogens (tertiary/aromatic N) is 2. The number of para-hydroxylation sites is 1.